The topological polar surface area (TPSA) is 135 Å². The van der Waals surface area contributed by atoms with Crippen LogP contribution in [-0.4, -0.2) is 71.3 Å². The highest BCUT2D eigenvalue weighted by Crippen LogP contribution is 2.14. The second-order valence-electron chi connectivity index (χ2n) is 3.17. The fraction of sp³-hybridized carbons (Fsp3) is 0.556. The zero-order chi connectivity index (χ0) is 14.8. The Labute approximate surface area is 110 Å². The number of nitrogens with one attached hydrogen (secondary N) is 1. The number of hydrogen-bond donors (Lipinski definition) is 4. The minimum absolute atomic E-state index is 0.115. The number of anilines is 3. The third-order valence-corrected chi connectivity index (χ3v) is 2.01. The Bertz CT molecular complexity index is 376. The number of carbonyl (C=O) groups excluding carboxylic acids is 1. The molecule has 4 N–H and O–H groups in total. The fourth-order valence-corrected chi connectivity index (χ4v) is 1.01. The molecule has 10 nitrogen and oxygen atoms in total. The van der Waals surface area contributed by atoms with E-state index in [1.54, 1.807) is 14.1 Å². The van der Waals surface area contributed by atoms with E-state index in [0.717, 1.165) is 4.90 Å². The van der Waals surface area contributed by atoms with E-state index in [9.17, 15) is 0 Å². The van der Waals surface area contributed by atoms with E-state index >= 15 is 0 Å². The molecule has 1 heterocycles. The smallest absolute Gasteiger partial charge is 0.235 e. The van der Waals surface area contributed by atoms with Gasteiger partial charge in [0, 0.05) is 14.1 Å². The molecule has 1 aromatic rings. The van der Waals surface area contributed by atoms with Crippen molar-refractivity contribution in [1.29, 1.82) is 0 Å². The van der Waals surface area contributed by atoms with E-state index < -0.39 is 13.5 Å². The fourth-order valence-electron chi connectivity index (χ4n) is 1.01. The van der Waals surface area contributed by atoms with Crippen LogP contribution < -0.4 is 15.1 Å². The number of aliphatic hydroxyl groups is 3. The van der Waals surface area contributed by atoms with E-state index in [4.69, 9.17) is 20.1 Å². The summed E-state index contributed by atoms with van der Waals surface area (Å²) in [6.07, 6.45) is 0. The van der Waals surface area contributed by atoms with Crippen LogP contribution in [-0.2, 0) is 4.79 Å². The Morgan fingerprint density at radius 3 is 2.00 bits per heavy atom. The van der Waals surface area contributed by atoms with Crippen molar-refractivity contribution in [1.82, 2.24) is 15.0 Å². The lowest BCUT2D eigenvalue weighted by atomic mass is 10.7. The summed E-state index contributed by atoms with van der Waals surface area (Å²) in [4.78, 5) is 22.5. The molecular weight excluding hydrogens is 256 g/mol. The van der Waals surface area contributed by atoms with E-state index in [2.05, 4.69) is 20.3 Å². The van der Waals surface area contributed by atoms with E-state index in [1.807, 2.05) is 6.79 Å². The van der Waals surface area contributed by atoms with Gasteiger partial charge in [0.1, 0.15) is 27.0 Å². The van der Waals surface area contributed by atoms with Crippen LogP contribution in [0, 0.1) is 0 Å². The van der Waals surface area contributed by atoms with Gasteiger partial charge in [-0.25, -0.2) is 0 Å². The monoisotopic (exact) mass is 274 g/mol. The second kappa shape index (κ2) is 8.97. The lowest BCUT2D eigenvalue weighted by Gasteiger charge is -2.20. The number of hydrogen-bond acceptors (Lipinski definition) is 10. The van der Waals surface area contributed by atoms with Crippen LogP contribution in [0.1, 0.15) is 0 Å². The van der Waals surface area contributed by atoms with E-state index in [0.29, 0.717) is 0 Å². The first-order valence-corrected chi connectivity index (χ1v) is 5.17. The van der Waals surface area contributed by atoms with Crippen molar-refractivity contribution in [2.24, 2.45) is 0 Å². The SMILES string of the molecule is C=O.CNc1nc(N(C)CO)nc(N(CO)CO)n1. The van der Waals surface area contributed by atoms with Crippen molar-refractivity contribution < 1.29 is 20.1 Å². The van der Waals surface area contributed by atoms with Crippen LogP contribution in [0.4, 0.5) is 17.8 Å². The van der Waals surface area contributed by atoms with Crippen LogP contribution >= 0.6 is 0 Å². The zero-order valence-corrected chi connectivity index (χ0v) is 10.8. The van der Waals surface area contributed by atoms with Crippen LogP contribution in [0.5, 0.6) is 0 Å². The molecule has 0 spiro atoms. The maximum Gasteiger partial charge on any atom is 0.235 e. The number of carbonyl (C=O) groups is 1. The van der Waals surface area contributed by atoms with E-state index in [1.165, 1.54) is 4.90 Å². The first-order chi connectivity index (χ1) is 9.15. The quantitative estimate of drug-likeness (QED) is 0.424. The molecule has 0 aliphatic rings. The van der Waals surface area contributed by atoms with Crippen molar-refractivity contribution in [3.63, 3.8) is 0 Å². The van der Waals surface area contributed by atoms with Crippen molar-refractivity contribution in [2.75, 3.05) is 49.4 Å². The highest BCUT2D eigenvalue weighted by molar-refractivity contribution is 5.43. The molecule has 0 atom stereocenters. The molecule has 0 unspecified atom stereocenters. The maximum absolute atomic E-state index is 9.01. The summed E-state index contributed by atoms with van der Waals surface area (Å²) in [6.45, 7) is 0.892. The van der Waals surface area contributed by atoms with Gasteiger partial charge in [0.25, 0.3) is 0 Å². The second-order valence-corrected chi connectivity index (χ2v) is 3.17. The molecular formula is C9H18N6O4. The summed E-state index contributed by atoms with van der Waals surface area (Å²) in [6, 6.07) is 0. The van der Waals surface area contributed by atoms with Crippen molar-refractivity contribution in [3.05, 3.63) is 0 Å². The van der Waals surface area contributed by atoms with Crippen molar-refractivity contribution in [3.8, 4) is 0 Å². The molecule has 0 radical (unpaired) electrons. The van der Waals surface area contributed by atoms with Gasteiger partial charge in [0.15, 0.2) is 0 Å². The molecule has 0 saturated heterocycles. The lowest BCUT2D eigenvalue weighted by Crippen LogP contribution is -2.29. The average Bonchev–Trinajstić information content (AvgIpc) is 2.49. The minimum Gasteiger partial charge on any atom is -0.376 e. The molecule has 0 aromatic carbocycles. The van der Waals surface area contributed by atoms with Crippen LogP contribution in [0.25, 0.3) is 0 Å². The van der Waals surface area contributed by atoms with Gasteiger partial charge in [-0.2, -0.15) is 15.0 Å². The molecule has 0 aliphatic carbocycles. The van der Waals surface area contributed by atoms with Gasteiger partial charge in [0.05, 0.1) is 0 Å². The standard InChI is InChI=1S/C8H16N6O3.CH2O/c1-9-6-10-7(13(2)3-15)12-8(11-6)14(4-16)5-17;1-2/h15-17H,3-5H2,1-2H3,(H,9,10,11,12);1H2. The van der Waals surface area contributed by atoms with Gasteiger partial charge in [-0.05, 0) is 0 Å². The summed E-state index contributed by atoms with van der Waals surface area (Å²) in [5.74, 6) is 0.621. The minimum atomic E-state index is -0.425. The summed E-state index contributed by atoms with van der Waals surface area (Å²) < 4.78 is 0. The third-order valence-electron chi connectivity index (χ3n) is 2.01. The van der Waals surface area contributed by atoms with Gasteiger partial charge in [0.2, 0.25) is 17.8 Å². The van der Waals surface area contributed by atoms with Crippen molar-refractivity contribution in [2.45, 2.75) is 0 Å². The highest BCUT2D eigenvalue weighted by atomic mass is 16.3. The Balaban J connectivity index is 0.00000154. The molecule has 1 aromatic heterocycles. The van der Waals surface area contributed by atoms with Crippen LogP contribution in [0.15, 0.2) is 0 Å². The predicted octanol–water partition coefficient (Wildman–Crippen LogP) is -2.18. The number of nitrogens with zero attached hydrogens (tertiary/aromatic N) is 5. The molecule has 0 aliphatic heterocycles. The summed E-state index contributed by atoms with van der Waals surface area (Å²) in [5.41, 5.74) is 0. The molecule has 0 amide bonds. The van der Waals surface area contributed by atoms with Crippen LogP contribution in [0.2, 0.25) is 0 Å². The van der Waals surface area contributed by atoms with Gasteiger partial charge in [-0.1, -0.05) is 0 Å². The lowest BCUT2D eigenvalue weighted by molar-refractivity contribution is -0.0979. The number of rotatable bonds is 6. The van der Waals surface area contributed by atoms with Crippen LogP contribution in [0.3, 0.4) is 0 Å². The Hall–Kier alpha value is -2.04. The molecule has 1 rings (SSSR count). The highest BCUT2D eigenvalue weighted by Gasteiger charge is 2.13. The zero-order valence-electron chi connectivity index (χ0n) is 10.8. The van der Waals surface area contributed by atoms with Gasteiger partial charge >= 0.3 is 0 Å². The number of aromatic nitrogens is 3. The molecule has 0 fully saturated rings. The summed E-state index contributed by atoms with van der Waals surface area (Å²) in [7, 11) is 3.23. The van der Waals surface area contributed by atoms with E-state index in [-0.39, 0.29) is 24.6 Å². The van der Waals surface area contributed by atoms with Gasteiger partial charge < -0.3 is 30.3 Å². The molecule has 108 valence electrons. The Morgan fingerprint density at radius 1 is 1.05 bits per heavy atom. The largest absolute Gasteiger partial charge is 0.376 e. The summed E-state index contributed by atoms with van der Waals surface area (Å²) >= 11 is 0. The number of aliphatic hydroxyl groups excluding tert-OH is 3. The van der Waals surface area contributed by atoms with Gasteiger partial charge in [-0.15, -0.1) is 0 Å². The molecule has 10 heteroatoms. The summed E-state index contributed by atoms with van der Waals surface area (Å²) in [5, 5.41) is 29.7. The predicted molar refractivity (Wildman–Crippen MR) is 68.6 cm³/mol. The van der Waals surface area contributed by atoms with Gasteiger partial charge in [-0.3, -0.25) is 4.90 Å². The first kappa shape index (κ1) is 17.0. The Morgan fingerprint density at radius 2 is 1.58 bits per heavy atom. The first-order valence-electron chi connectivity index (χ1n) is 5.17. The third kappa shape index (κ3) is 4.62. The normalized spacial score (nSPS) is 9.32. The maximum atomic E-state index is 9.01. The molecule has 0 saturated carbocycles. The average molecular weight is 274 g/mol. The van der Waals surface area contributed by atoms with Crippen molar-refractivity contribution >= 4 is 24.6 Å². The molecule has 0 bridgehead atoms. The molecule has 19 heavy (non-hydrogen) atoms. The Kier molecular flexibility index (Phi) is 8.00.